The number of para-hydroxylation sites is 3. The van der Waals surface area contributed by atoms with Gasteiger partial charge < -0.3 is 10.1 Å². The summed E-state index contributed by atoms with van der Waals surface area (Å²) in [6.07, 6.45) is 0. The number of benzene rings is 2. The van der Waals surface area contributed by atoms with Crippen LogP contribution in [-0.4, -0.2) is 7.05 Å². The Hall–Kier alpha value is -1.96. The molecule has 0 atom stereocenters. The molecule has 2 rings (SSSR count). The predicted molar refractivity (Wildman–Crippen MR) is 67.2 cm³/mol. The van der Waals surface area contributed by atoms with E-state index in [0.717, 1.165) is 22.7 Å². The molecule has 2 nitrogen and oxygen atoms in total. The second-order valence-electron chi connectivity index (χ2n) is 3.61. The summed E-state index contributed by atoms with van der Waals surface area (Å²) in [6, 6.07) is 15.9. The fourth-order valence-corrected chi connectivity index (χ4v) is 1.55. The summed E-state index contributed by atoms with van der Waals surface area (Å²) in [6.45, 7) is 2.04. The molecule has 0 fully saturated rings. The molecule has 0 amide bonds. The third-order valence-electron chi connectivity index (χ3n) is 2.47. The fourth-order valence-electron chi connectivity index (χ4n) is 1.55. The molecular formula is C14H15NO. The Morgan fingerprint density at radius 3 is 2.19 bits per heavy atom. The Balaban J connectivity index is 2.30. The largest absolute Gasteiger partial charge is 0.455 e. The molecule has 0 heterocycles. The van der Waals surface area contributed by atoms with Gasteiger partial charge in [-0.2, -0.15) is 0 Å². The van der Waals surface area contributed by atoms with E-state index in [4.69, 9.17) is 4.74 Å². The van der Waals surface area contributed by atoms with Gasteiger partial charge >= 0.3 is 0 Å². The molecule has 0 spiro atoms. The van der Waals surface area contributed by atoms with E-state index < -0.39 is 0 Å². The van der Waals surface area contributed by atoms with Crippen LogP contribution < -0.4 is 10.1 Å². The van der Waals surface area contributed by atoms with Crippen molar-refractivity contribution in [2.24, 2.45) is 0 Å². The Kier molecular flexibility index (Phi) is 3.10. The van der Waals surface area contributed by atoms with Crippen LogP contribution in [0.2, 0.25) is 0 Å². The van der Waals surface area contributed by atoms with E-state index in [1.807, 2.05) is 62.5 Å². The van der Waals surface area contributed by atoms with Crippen molar-refractivity contribution < 1.29 is 4.74 Å². The van der Waals surface area contributed by atoms with Crippen molar-refractivity contribution in [3.8, 4) is 11.5 Å². The van der Waals surface area contributed by atoms with Gasteiger partial charge in [-0.3, -0.25) is 0 Å². The lowest BCUT2D eigenvalue weighted by atomic mass is 10.2. The van der Waals surface area contributed by atoms with Gasteiger partial charge in [-0.25, -0.2) is 0 Å². The minimum atomic E-state index is 0.847. The Morgan fingerprint density at radius 1 is 0.875 bits per heavy atom. The quantitative estimate of drug-likeness (QED) is 0.836. The fraction of sp³-hybridized carbons (Fsp3) is 0.143. The zero-order valence-electron chi connectivity index (χ0n) is 9.53. The summed E-state index contributed by atoms with van der Waals surface area (Å²) in [5.41, 5.74) is 2.12. The molecular weight excluding hydrogens is 198 g/mol. The van der Waals surface area contributed by atoms with Crippen molar-refractivity contribution >= 4 is 5.69 Å². The number of aryl methyl sites for hydroxylation is 1. The lowest BCUT2D eigenvalue weighted by molar-refractivity contribution is 0.481. The normalized spacial score (nSPS) is 9.88. The van der Waals surface area contributed by atoms with E-state index in [-0.39, 0.29) is 0 Å². The van der Waals surface area contributed by atoms with Crippen molar-refractivity contribution in [3.05, 3.63) is 54.1 Å². The maximum atomic E-state index is 5.87. The lowest BCUT2D eigenvalue weighted by Gasteiger charge is -2.12. The van der Waals surface area contributed by atoms with E-state index in [1.54, 1.807) is 0 Å². The van der Waals surface area contributed by atoms with Gasteiger partial charge in [0, 0.05) is 7.05 Å². The maximum absolute atomic E-state index is 5.87. The number of nitrogens with one attached hydrogen (secondary N) is 1. The molecule has 0 saturated carbocycles. The van der Waals surface area contributed by atoms with Gasteiger partial charge in [0.1, 0.15) is 5.75 Å². The minimum Gasteiger partial charge on any atom is -0.455 e. The topological polar surface area (TPSA) is 21.3 Å². The highest BCUT2D eigenvalue weighted by molar-refractivity contribution is 5.57. The summed E-state index contributed by atoms with van der Waals surface area (Å²) in [7, 11) is 1.89. The van der Waals surface area contributed by atoms with Crippen LogP contribution >= 0.6 is 0 Å². The number of anilines is 1. The van der Waals surface area contributed by atoms with Crippen molar-refractivity contribution in [2.75, 3.05) is 12.4 Å². The van der Waals surface area contributed by atoms with Crippen molar-refractivity contribution in [1.82, 2.24) is 0 Å². The molecule has 16 heavy (non-hydrogen) atoms. The van der Waals surface area contributed by atoms with Gasteiger partial charge in [0.25, 0.3) is 0 Å². The third-order valence-corrected chi connectivity index (χ3v) is 2.47. The van der Waals surface area contributed by atoms with Crippen molar-refractivity contribution in [1.29, 1.82) is 0 Å². The Morgan fingerprint density at radius 2 is 1.50 bits per heavy atom. The molecule has 0 aliphatic heterocycles. The highest BCUT2D eigenvalue weighted by Gasteiger charge is 2.03. The van der Waals surface area contributed by atoms with Gasteiger partial charge in [0.15, 0.2) is 5.75 Å². The molecule has 0 unspecified atom stereocenters. The van der Waals surface area contributed by atoms with Crippen LogP contribution in [0.25, 0.3) is 0 Å². The zero-order valence-corrected chi connectivity index (χ0v) is 9.53. The summed E-state index contributed by atoms with van der Waals surface area (Å²) in [5, 5.41) is 3.11. The average Bonchev–Trinajstić information content (AvgIpc) is 2.33. The van der Waals surface area contributed by atoms with Gasteiger partial charge in [-0.15, -0.1) is 0 Å². The smallest absolute Gasteiger partial charge is 0.150 e. The monoisotopic (exact) mass is 213 g/mol. The van der Waals surface area contributed by atoms with Crippen LogP contribution in [0.15, 0.2) is 48.5 Å². The summed E-state index contributed by atoms with van der Waals surface area (Å²) < 4.78 is 5.87. The van der Waals surface area contributed by atoms with Crippen molar-refractivity contribution in [2.45, 2.75) is 6.92 Å². The lowest BCUT2D eigenvalue weighted by Crippen LogP contribution is -1.93. The summed E-state index contributed by atoms with van der Waals surface area (Å²) in [5.74, 6) is 1.74. The van der Waals surface area contributed by atoms with Gasteiger partial charge in [-0.1, -0.05) is 30.3 Å². The molecule has 0 aliphatic rings. The standard InChI is InChI=1S/C14H15NO/c1-11-7-3-5-9-13(11)16-14-10-6-4-8-12(14)15-2/h3-10,15H,1-2H3. The number of ether oxygens (including phenoxy) is 1. The van der Waals surface area contributed by atoms with E-state index >= 15 is 0 Å². The molecule has 2 aromatic carbocycles. The van der Waals surface area contributed by atoms with E-state index in [2.05, 4.69) is 5.32 Å². The number of hydrogen-bond donors (Lipinski definition) is 1. The highest BCUT2D eigenvalue weighted by Crippen LogP contribution is 2.30. The van der Waals surface area contributed by atoms with E-state index in [0.29, 0.717) is 0 Å². The first-order valence-corrected chi connectivity index (χ1v) is 5.31. The molecule has 82 valence electrons. The molecule has 0 saturated heterocycles. The zero-order chi connectivity index (χ0) is 11.4. The summed E-state index contributed by atoms with van der Waals surface area (Å²) >= 11 is 0. The number of hydrogen-bond acceptors (Lipinski definition) is 2. The molecule has 2 aromatic rings. The van der Waals surface area contributed by atoms with Crippen LogP contribution in [0.1, 0.15) is 5.56 Å². The molecule has 1 N–H and O–H groups in total. The van der Waals surface area contributed by atoms with Gasteiger partial charge in [-0.05, 0) is 30.7 Å². The van der Waals surface area contributed by atoms with Gasteiger partial charge in [0.2, 0.25) is 0 Å². The van der Waals surface area contributed by atoms with Crippen LogP contribution in [0.4, 0.5) is 5.69 Å². The molecule has 2 heteroatoms. The SMILES string of the molecule is CNc1ccccc1Oc1ccccc1C. The molecule has 0 bridgehead atoms. The van der Waals surface area contributed by atoms with Crippen LogP contribution in [0.5, 0.6) is 11.5 Å². The first-order valence-electron chi connectivity index (χ1n) is 5.31. The molecule has 0 aromatic heterocycles. The second kappa shape index (κ2) is 4.71. The van der Waals surface area contributed by atoms with E-state index in [9.17, 15) is 0 Å². The van der Waals surface area contributed by atoms with Crippen LogP contribution in [0.3, 0.4) is 0 Å². The Labute approximate surface area is 95.9 Å². The predicted octanol–water partition coefficient (Wildman–Crippen LogP) is 3.83. The van der Waals surface area contributed by atoms with Crippen LogP contribution in [-0.2, 0) is 0 Å². The summed E-state index contributed by atoms with van der Waals surface area (Å²) in [4.78, 5) is 0. The van der Waals surface area contributed by atoms with Crippen LogP contribution in [0, 0.1) is 6.92 Å². The highest BCUT2D eigenvalue weighted by atomic mass is 16.5. The van der Waals surface area contributed by atoms with Crippen molar-refractivity contribution in [3.63, 3.8) is 0 Å². The average molecular weight is 213 g/mol. The first kappa shape index (κ1) is 10.6. The van der Waals surface area contributed by atoms with E-state index in [1.165, 1.54) is 0 Å². The maximum Gasteiger partial charge on any atom is 0.150 e. The molecule has 0 radical (unpaired) electrons. The second-order valence-corrected chi connectivity index (χ2v) is 3.61. The first-order chi connectivity index (χ1) is 7.81. The third kappa shape index (κ3) is 2.16. The number of rotatable bonds is 3. The molecule has 0 aliphatic carbocycles. The Bertz CT molecular complexity index is 480. The minimum absolute atomic E-state index is 0.847. The van der Waals surface area contributed by atoms with Gasteiger partial charge in [0.05, 0.1) is 5.69 Å².